The molecule has 0 atom stereocenters. The predicted molar refractivity (Wildman–Crippen MR) is 118 cm³/mol. The number of carbonyl (C=O) groups excluding carboxylic acids is 2. The van der Waals surface area contributed by atoms with Gasteiger partial charge in [-0.1, -0.05) is 29.8 Å². The second-order valence-corrected chi connectivity index (χ2v) is 7.46. The molecule has 0 saturated heterocycles. The van der Waals surface area contributed by atoms with Crippen molar-refractivity contribution < 1.29 is 19.1 Å². The molecule has 29 heavy (non-hydrogen) atoms. The second-order valence-electron chi connectivity index (χ2n) is 6.55. The van der Waals surface area contributed by atoms with Crippen LogP contribution in [-0.2, 0) is 4.79 Å². The van der Waals surface area contributed by atoms with E-state index in [4.69, 9.17) is 9.47 Å². The Morgan fingerprint density at radius 1 is 0.966 bits per heavy atom. The van der Waals surface area contributed by atoms with Crippen molar-refractivity contribution in [1.82, 2.24) is 5.32 Å². The fourth-order valence-corrected chi connectivity index (χ4v) is 3.01. The van der Waals surface area contributed by atoms with E-state index in [-0.39, 0.29) is 18.4 Å². The molecule has 6 nitrogen and oxygen atoms in total. The average Bonchev–Trinajstić information content (AvgIpc) is 2.71. The van der Waals surface area contributed by atoms with Crippen LogP contribution in [0.25, 0.3) is 0 Å². The zero-order chi connectivity index (χ0) is 21.2. The van der Waals surface area contributed by atoms with E-state index in [1.807, 2.05) is 39.0 Å². The Morgan fingerprint density at radius 3 is 2.31 bits per heavy atom. The van der Waals surface area contributed by atoms with Gasteiger partial charge < -0.3 is 20.1 Å². The molecule has 2 rings (SSSR count). The lowest BCUT2D eigenvalue weighted by molar-refractivity contribution is -0.115. The molecule has 2 aromatic rings. The van der Waals surface area contributed by atoms with Gasteiger partial charge in [0.25, 0.3) is 5.91 Å². The number of nitrogens with one attached hydrogen (secondary N) is 2. The van der Waals surface area contributed by atoms with Crippen LogP contribution in [0.4, 0.5) is 5.69 Å². The summed E-state index contributed by atoms with van der Waals surface area (Å²) < 4.78 is 12.3. The molecule has 0 aliphatic carbocycles. The number of benzene rings is 2. The summed E-state index contributed by atoms with van der Waals surface area (Å²) in [4.78, 5) is 24.7. The Hall–Kier alpha value is -2.54. The largest absolute Gasteiger partial charge is 0.490 e. The fourth-order valence-electron chi connectivity index (χ4n) is 2.53. The van der Waals surface area contributed by atoms with Crippen LogP contribution < -0.4 is 20.1 Å². The van der Waals surface area contributed by atoms with Crippen molar-refractivity contribution >= 4 is 33.4 Å². The number of anilines is 1. The molecule has 0 saturated carbocycles. The van der Waals surface area contributed by atoms with Gasteiger partial charge in [-0.3, -0.25) is 9.59 Å². The third-order valence-electron chi connectivity index (χ3n) is 4.00. The summed E-state index contributed by atoms with van der Waals surface area (Å²) in [6.45, 7) is 6.91. The average molecular weight is 463 g/mol. The standard InChI is InChI=1S/C22H27BrN2O4/c1-4-10-28-19-9-6-16(13-20(19)29-11-5-2)22(27)24-14-21(26)25-18-8-7-17(23)12-15(18)3/h6-9,12-13H,4-5,10-11,14H2,1-3H3,(H,24,27)(H,25,26). The highest BCUT2D eigenvalue weighted by Gasteiger charge is 2.13. The molecule has 0 aromatic heterocycles. The van der Waals surface area contributed by atoms with Gasteiger partial charge in [-0.05, 0) is 61.7 Å². The number of amides is 2. The van der Waals surface area contributed by atoms with Crippen LogP contribution in [0.5, 0.6) is 11.5 Å². The van der Waals surface area contributed by atoms with Gasteiger partial charge in [0, 0.05) is 15.7 Å². The zero-order valence-corrected chi connectivity index (χ0v) is 18.6. The molecule has 0 aliphatic rings. The number of rotatable bonds is 10. The third kappa shape index (κ3) is 7.09. The first-order valence-electron chi connectivity index (χ1n) is 9.68. The van der Waals surface area contributed by atoms with Gasteiger partial charge >= 0.3 is 0 Å². The zero-order valence-electron chi connectivity index (χ0n) is 17.0. The second kappa shape index (κ2) is 11.5. The van der Waals surface area contributed by atoms with Gasteiger partial charge in [0.2, 0.25) is 5.91 Å². The van der Waals surface area contributed by atoms with E-state index >= 15 is 0 Å². The minimum absolute atomic E-state index is 0.131. The predicted octanol–water partition coefficient (Wildman–Crippen LogP) is 4.70. The van der Waals surface area contributed by atoms with Crippen LogP contribution in [0.2, 0.25) is 0 Å². The van der Waals surface area contributed by atoms with Crippen LogP contribution in [0, 0.1) is 6.92 Å². The summed E-state index contributed by atoms with van der Waals surface area (Å²) in [5.74, 6) is 0.494. The molecule has 0 aliphatic heterocycles. The molecule has 2 amide bonds. The highest BCUT2D eigenvalue weighted by molar-refractivity contribution is 9.10. The Bertz CT molecular complexity index is 855. The molecule has 0 bridgehead atoms. The molecule has 0 radical (unpaired) electrons. The van der Waals surface area contributed by atoms with Crippen LogP contribution in [0.1, 0.15) is 42.6 Å². The van der Waals surface area contributed by atoms with Gasteiger partial charge in [-0.15, -0.1) is 0 Å². The van der Waals surface area contributed by atoms with Crippen molar-refractivity contribution in [3.63, 3.8) is 0 Å². The number of hydrogen-bond acceptors (Lipinski definition) is 4. The van der Waals surface area contributed by atoms with Crippen LogP contribution in [0.3, 0.4) is 0 Å². The van der Waals surface area contributed by atoms with Crippen molar-refractivity contribution in [3.05, 3.63) is 52.0 Å². The van der Waals surface area contributed by atoms with E-state index in [9.17, 15) is 9.59 Å². The lowest BCUT2D eigenvalue weighted by Gasteiger charge is -2.14. The van der Waals surface area contributed by atoms with Gasteiger partial charge in [-0.2, -0.15) is 0 Å². The van der Waals surface area contributed by atoms with Gasteiger partial charge in [-0.25, -0.2) is 0 Å². The Balaban J connectivity index is 1.99. The van der Waals surface area contributed by atoms with Crippen molar-refractivity contribution in [2.75, 3.05) is 25.1 Å². The number of aryl methyl sites for hydroxylation is 1. The summed E-state index contributed by atoms with van der Waals surface area (Å²) in [6, 6.07) is 10.6. The van der Waals surface area contributed by atoms with Crippen LogP contribution >= 0.6 is 15.9 Å². The minimum Gasteiger partial charge on any atom is -0.490 e. The molecule has 0 heterocycles. The normalized spacial score (nSPS) is 10.3. The number of ether oxygens (including phenoxy) is 2. The first-order valence-corrected chi connectivity index (χ1v) is 10.5. The quantitative estimate of drug-likeness (QED) is 0.536. The van der Waals surface area contributed by atoms with Gasteiger partial charge in [0.05, 0.1) is 19.8 Å². The minimum atomic E-state index is -0.351. The summed E-state index contributed by atoms with van der Waals surface area (Å²) in [5.41, 5.74) is 2.05. The van der Waals surface area contributed by atoms with Crippen molar-refractivity contribution in [3.8, 4) is 11.5 Å². The first kappa shape index (κ1) is 22.7. The van der Waals surface area contributed by atoms with Crippen molar-refractivity contribution in [1.29, 1.82) is 0 Å². The number of halogens is 1. The van der Waals surface area contributed by atoms with Gasteiger partial charge in [0.15, 0.2) is 11.5 Å². The highest BCUT2D eigenvalue weighted by atomic mass is 79.9. The van der Waals surface area contributed by atoms with Crippen LogP contribution in [0.15, 0.2) is 40.9 Å². The molecule has 0 spiro atoms. The SMILES string of the molecule is CCCOc1ccc(C(=O)NCC(=O)Nc2ccc(Br)cc2C)cc1OCCC. The summed E-state index contributed by atoms with van der Waals surface area (Å²) in [5, 5.41) is 5.44. The van der Waals surface area contributed by atoms with Gasteiger partial charge in [0.1, 0.15) is 0 Å². The molecule has 2 N–H and O–H groups in total. The monoisotopic (exact) mass is 462 g/mol. The maximum Gasteiger partial charge on any atom is 0.251 e. The number of carbonyl (C=O) groups is 2. The Labute approximate surface area is 180 Å². The van der Waals surface area contributed by atoms with E-state index in [0.29, 0.717) is 36.0 Å². The highest BCUT2D eigenvalue weighted by Crippen LogP contribution is 2.29. The lowest BCUT2D eigenvalue weighted by atomic mass is 10.2. The van der Waals surface area contributed by atoms with Crippen LogP contribution in [-0.4, -0.2) is 31.6 Å². The molecule has 7 heteroatoms. The maximum absolute atomic E-state index is 12.5. The van der Waals surface area contributed by atoms with Crippen molar-refractivity contribution in [2.45, 2.75) is 33.6 Å². The molecule has 0 fully saturated rings. The Kier molecular flexibility index (Phi) is 8.99. The van der Waals surface area contributed by atoms with E-state index in [1.54, 1.807) is 18.2 Å². The first-order chi connectivity index (χ1) is 13.9. The fraction of sp³-hybridized carbons (Fsp3) is 0.364. The molecule has 0 unspecified atom stereocenters. The molecule has 156 valence electrons. The topological polar surface area (TPSA) is 76.7 Å². The Morgan fingerprint density at radius 2 is 1.66 bits per heavy atom. The molecule has 2 aromatic carbocycles. The van der Waals surface area contributed by atoms with E-state index < -0.39 is 0 Å². The lowest BCUT2D eigenvalue weighted by Crippen LogP contribution is -2.33. The smallest absolute Gasteiger partial charge is 0.251 e. The maximum atomic E-state index is 12.5. The summed E-state index contributed by atoms with van der Waals surface area (Å²) >= 11 is 3.39. The third-order valence-corrected chi connectivity index (χ3v) is 4.49. The van der Waals surface area contributed by atoms with E-state index in [1.165, 1.54) is 0 Å². The summed E-state index contributed by atoms with van der Waals surface area (Å²) in [7, 11) is 0. The van der Waals surface area contributed by atoms with Crippen molar-refractivity contribution in [2.24, 2.45) is 0 Å². The molecular formula is C22H27BrN2O4. The van der Waals surface area contributed by atoms with E-state index in [2.05, 4.69) is 26.6 Å². The molecular weight excluding hydrogens is 436 g/mol. The summed E-state index contributed by atoms with van der Waals surface area (Å²) in [6.07, 6.45) is 1.72. The number of hydrogen-bond donors (Lipinski definition) is 2. The van der Waals surface area contributed by atoms with E-state index in [0.717, 1.165) is 22.9 Å².